The van der Waals surface area contributed by atoms with Gasteiger partial charge in [-0.1, -0.05) is 65.2 Å². The van der Waals surface area contributed by atoms with Crippen LogP contribution < -0.4 is 0 Å². The van der Waals surface area contributed by atoms with Crippen LogP contribution in [0.3, 0.4) is 0 Å². The molecule has 0 unspecified atom stereocenters. The molecule has 0 bridgehead atoms. The summed E-state index contributed by atoms with van der Waals surface area (Å²) in [6.07, 6.45) is 0. The zero-order valence-electron chi connectivity index (χ0n) is 16.9. The number of amides is 1. The molecule has 0 atom stereocenters. The first-order chi connectivity index (χ1) is 14.5. The van der Waals surface area contributed by atoms with Gasteiger partial charge in [0, 0.05) is 41.8 Å². The van der Waals surface area contributed by atoms with E-state index in [0.29, 0.717) is 13.1 Å². The number of hydrogen-bond donors (Lipinski definition) is 0. The van der Waals surface area contributed by atoms with Gasteiger partial charge in [0.25, 0.3) is 5.91 Å². The molecule has 1 aliphatic rings. The van der Waals surface area contributed by atoms with Crippen molar-refractivity contribution >= 4 is 29.1 Å². The van der Waals surface area contributed by atoms with Gasteiger partial charge in [0.15, 0.2) is 0 Å². The fourth-order valence-corrected chi connectivity index (χ4v) is 4.22. The van der Waals surface area contributed by atoms with Crippen LogP contribution in [-0.4, -0.2) is 41.9 Å². The van der Waals surface area contributed by atoms with E-state index >= 15 is 0 Å². The summed E-state index contributed by atoms with van der Waals surface area (Å²) in [4.78, 5) is 17.2. The van der Waals surface area contributed by atoms with Gasteiger partial charge >= 0.3 is 0 Å². The van der Waals surface area contributed by atoms with Gasteiger partial charge in [-0.25, -0.2) is 0 Å². The maximum absolute atomic E-state index is 12.9. The van der Waals surface area contributed by atoms with Crippen LogP contribution in [0.4, 0.5) is 0 Å². The molecular formula is C25H24Cl2N2O. The van der Waals surface area contributed by atoms with Crippen molar-refractivity contribution in [2.24, 2.45) is 0 Å². The first-order valence-corrected chi connectivity index (χ1v) is 10.9. The summed E-state index contributed by atoms with van der Waals surface area (Å²) < 4.78 is 0. The van der Waals surface area contributed by atoms with E-state index in [1.54, 1.807) is 0 Å². The topological polar surface area (TPSA) is 23.6 Å². The Labute approximate surface area is 187 Å². The Morgan fingerprint density at radius 3 is 1.67 bits per heavy atom. The molecule has 3 nitrogen and oxygen atoms in total. The molecule has 0 saturated carbocycles. The van der Waals surface area contributed by atoms with Crippen LogP contribution >= 0.6 is 23.2 Å². The van der Waals surface area contributed by atoms with Gasteiger partial charge in [-0.2, -0.15) is 0 Å². The van der Waals surface area contributed by atoms with Crippen molar-refractivity contribution < 1.29 is 4.79 Å². The average molecular weight is 439 g/mol. The minimum atomic E-state index is 0.0937. The van der Waals surface area contributed by atoms with Crippen molar-refractivity contribution in [1.82, 2.24) is 9.80 Å². The summed E-state index contributed by atoms with van der Waals surface area (Å²) in [7, 11) is 0. The van der Waals surface area contributed by atoms with E-state index in [9.17, 15) is 4.79 Å². The number of hydrogen-bond acceptors (Lipinski definition) is 2. The zero-order valence-corrected chi connectivity index (χ0v) is 18.4. The highest BCUT2D eigenvalue weighted by molar-refractivity contribution is 6.30. The highest BCUT2D eigenvalue weighted by Gasteiger charge is 2.28. The van der Waals surface area contributed by atoms with E-state index in [0.717, 1.165) is 34.3 Å². The van der Waals surface area contributed by atoms with Gasteiger partial charge in [0.2, 0.25) is 0 Å². The van der Waals surface area contributed by atoms with Crippen LogP contribution in [0, 0.1) is 6.92 Å². The van der Waals surface area contributed by atoms with Crippen LogP contribution in [0.5, 0.6) is 0 Å². The van der Waals surface area contributed by atoms with Gasteiger partial charge in [0.1, 0.15) is 0 Å². The molecule has 0 N–H and O–H groups in total. The summed E-state index contributed by atoms with van der Waals surface area (Å²) >= 11 is 12.2. The zero-order chi connectivity index (χ0) is 21.1. The molecule has 1 heterocycles. The van der Waals surface area contributed by atoms with Crippen molar-refractivity contribution in [3.8, 4) is 0 Å². The Bertz CT molecular complexity index is 947. The molecule has 0 spiro atoms. The Balaban J connectivity index is 1.53. The van der Waals surface area contributed by atoms with Crippen molar-refractivity contribution in [3.05, 3.63) is 105 Å². The van der Waals surface area contributed by atoms with Gasteiger partial charge in [0.05, 0.1) is 6.04 Å². The van der Waals surface area contributed by atoms with E-state index < -0.39 is 0 Å². The molecule has 0 aromatic heterocycles. The highest BCUT2D eigenvalue weighted by Crippen LogP contribution is 2.31. The number of carbonyl (C=O) groups excluding carboxylic acids is 1. The predicted octanol–water partition coefficient (Wildman–Crippen LogP) is 5.85. The summed E-state index contributed by atoms with van der Waals surface area (Å²) in [5.41, 5.74) is 4.27. The second-order valence-corrected chi connectivity index (χ2v) is 8.57. The lowest BCUT2D eigenvalue weighted by molar-refractivity contribution is 0.0597. The molecule has 4 rings (SSSR count). The fraction of sp³-hybridized carbons (Fsp3) is 0.240. The molecule has 5 heteroatoms. The average Bonchev–Trinajstić information content (AvgIpc) is 2.77. The third-order valence-corrected chi connectivity index (χ3v) is 6.14. The maximum atomic E-state index is 12.9. The van der Waals surface area contributed by atoms with E-state index in [4.69, 9.17) is 23.2 Å². The molecule has 0 aliphatic carbocycles. The van der Waals surface area contributed by atoms with E-state index in [-0.39, 0.29) is 11.9 Å². The minimum Gasteiger partial charge on any atom is -0.336 e. The third kappa shape index (κ3) is 4.70. The number of benzene rings is 3. The summed E-state index contributed by atoms with van der Waals surface area (Å²) in [6, 6.07) is 23.9. The number of aryl methyl sites for hydroxylation is 1. The maximum Gasteiger partial charge on any atom is 0.253 e. The Morgan fingerprint density at radius 1 is 0.733 bits per heavy atom. The van der Waals surface area contributed by atoms with Gasteiger partial charge in [-0.15, -0.1) is 0 Å². The number of halogens is 2. The standard InChI is InChI=1S/C25H24Cl2N2O/c1-18-2-4-21(5-3-18)25(30)29-16-14-28(15-17-29)24(19-6-10-22(26)11-7-19)20-8-12-23(27)13-9-20/h2-13,24H,14-17H2,1H3. The number of nitrogens with zero attached hydrogens (tertiary/aromatic N) is 2. The van der Waals surface area contributed by atoms with Crippen LogP contribution in [0.15, 0.2) is 72.8 Å². The van der Waals surface area contributed by atoms with Crippen molar-refractivity contribution in [2.45, 2.75) is 13.0 Å². The third-order valence-electron chi connectivity index (χ3n) is 5.64. The second kappa shape index (κ2) is 9.22. The predicted molar refractivity (Wildman–Crippen MR) is 123 cm³/mol. The summed E-state index contributed by atoms with van der Waals surface area (Å²) in [5, 5.41) is 1.45. The Morgan fingerprint density at radius 2 is 1.20 bits per heavy atom. The van der Waals surface area contributed by atoms with Crippen LogP contribution in [0.2, 0.25) is 10.0 Å². The molecule has 1 aliphatic heterocycles. The van der Waals surface area contributed by atoms with Crippen LogP contribution in [0.25, 0.3) is 0 Å². The van der Waals surface area contributed by atoms with Crippen molar-refractivity contribution in [2.75, 3.05) is 26.2 Å². The first-order valence-electron chi connectivity index (χ1n) is 10.1. The quantitative estimate of drug-likeness (QED) is 0.509. The van der Waals surface area contributed by atoms with E-state index in [1.807, 2.05) is 60.4 Å². The van der Waals surface area contributed by atoms with E-state index in [1.165, 1.54) is 11.1 Å². The smallest absolute Gasteiger partial charge is 0.253 e. The minimum absolute atomic E-state index is 0.0937. The Hall–Kier alpha value is -2.33. The molecule has 0 radical (unpaired) electrons. The Kier molecular flexibility index (Phi) is 6.43. The lowest BCUT2D eigenvalue weighted by Gasteiger charge is -2.40. The van der Waals surface area contributed by atoms with Gasteiger partial charge in [-0.3, -0.25) is 9.69 Å². The highest BCUT2D eigenvalue weighted by atomic mass is 35.5. The molecule has 3 aromatic carbocycles. The van der Waals surface area contributed by atoms with Gasteiger partial charge < -0.3 is 4.90 Å². The van der Waals surface area contributed by atoms with Crippen molar-refractivity contribution in [1.29, 1.82) is 0 Å². The SMILES string of the molecule is Cc1ccc(C(=O)N2CCN(C(c3ccc(Cl)cc3)c3ccc(Cl)cc3)CC2)cc1. The first kappa shape index (κ1) is 20.9. The molecule has 1 fully saturated rings. The van der Waals surface area contributed by atoms with Gasteiger partial charge in [-0.05, 0) is 54.4 Å². The van der Waals surface area contributed by atoms with Crippen LogP contribution in [-0.2, 0) is 0 Å². The molecular weight excluding hydrogens is 415 g/mol. The lowest BCUT2D eigenvalue weighted by Crippen LogP contribution is -2.49. The molecule has 3 aromatic rings. The molecule has 1 saturated heterocycles. The summed E-state index contributed by atoms with van der Waals surface area (Å²) in [5.74, 6) is 0.101. The number of rotatable bonds is 4. The molecule has 30 heavy (non-hydrogen) atoms. The van der Waals surface area contributed by atoms with Crippen molar-refractivity contribution in [3.63, 3.8) is 0 Å². The lowest BCUT2D eigenvalue weighted by atomic mass is 9.96. The monoisotopic (exact) mass is 438 g/mol. The number of piperazine rings is 1. The fourth-order valence-electron chi connectivity index (χ4n) is 3.97. The normalized spacial score (nSPS) is 14.9. The summed E-state index contributed by atoms with van der Waals surface area (Å²) in [6.45, 7) is 5.02. The number of carbonyl (C=O) groups is 1. The molecule has 154 valence electrons. The second-order valence-electron chi connectivity index (χ2n) is 7.70. The largest absolute Gasteiger partial charge is 0.336 e. The molecule has 1 amide bonds. The van der Waals surface area contributed by atoms with E-state index in [2.05, 4.69) is 29.2 Å². The van der Waals surface area contributed by atoms with Crippen LogP contribution in [0.1, 0.15) is 33.1 Å².